The normalized spacial score (nSPS) is 11.0. The molecule has 1 aromatic heterocycles. The van der Waals surface area contributed by atoms with Crippen LogP contribution < -0.4 is 10.2 Å². The van der Waals surface area contributed by atoms with Crippen LogP contribution in [-0.4, -0.2) is 16.9 Å². The molecular weight excluding hydrogens is 306 g/mol. The molecule has 3 aromatic rings. The quantitative estimate of drug-likeness (QED) is 0.719. The van der Waals surface area contributed by atoms with Gasteiger partial charge in [-0.15, -0.1) is 0 Å². The van der Waals surface area contributed by atoms with E-state index in [-0.39, 0.29) is 11.1 Å². The minimum Gasteiger partial charge on any atom is -0.545 e. The smallest absolute Gasteiger partial charge is 0.0722 e. The third-order valence-corrected chi connectivity index (χ3v) is 3.55. The van der Waals surface area contributed by atoms with Crippen LogP contribution in [0.1, 0.15) is 32.0 Å². The number of aromatic carboxylic acids is 2. The molecule has 0 aliphatic rings. The minimum atomic E-state index is -1.26. The first kappa shape index (κ1) is 15.4. The highest BCUT2D eigenvalue weighted by Crippen LogP contribution is 2.19. The van der Waals surface area contributed by atoms with Crippen molar-refractivity contribution in [1.29, 1.82) is 0 Å². The fourth-order valence-corrected chi connectivity index (χ4v) is 2.36. The molecule has 0 unspecified atom stereocenters. The summed E-state index contributed by atoms with van der Waals surface area (Å²) in [7, 11) is 0. The number of aromatic nitrogens is 1. The van der Waals surface area contributed by atoms with Crippen molar-refractivity contribution >= 4 is 35.0 Å². The van der Waals surface area contributed by atoms with Crippen molar-refractivity contribution in [2.24, 2.45) is 0 Å². The average Bonchev–Trinajstić information content (AvgIpc) is 2.59. The second-order valence-electron chi connectivity index (χ2n) is 5.14. The number of carbonyl (C=O) groups excluding carboxylic acids is 2. The van der Waals surface area contributed by atoms with Gasteiger partial charge in [-0.2, -0.15) is 0 Å². The van der Waals surface area contributed by atoms with Gasteiger partial charge < -0.3 is 19.8 Å². The number of carboxylic acid groups (broad SMARTS) is 2. The van der Waals surface area contributed by atoms with Crippen LogP contribution in [0.2, 0.25) is 0 Å². The molecule has 0 bridgehead atoms. The van der Waals surface area contributed by atoms with Crippen LogP contribution in [0, 0.1) is 0 Å². The van der Waals surface area contributed by atoms with Crippen LogP contribution in [0.5, 0.6) is 0 Å². The maximum atomic E-state index is 11.3. The van der Waals surface area contributed by atoms with Gasteiger partial charge in [0.2, 0.25) is 0 Å². The fraction of sp³-hybridized carbons (Fsp3) is 0. The van der Waals surface area contributed by atoms with E-state index >= 15 is 0 Å². The summed E-state index contributed by atoms with van der Waals surface area (Å²) in [5.74, 6) is -2.50. The molecular formula is C19H11NO4-2. The van der Waals surface area contributed by atoms with Gasteiger partial charge in [-0.1, -0.05) is 48.5 Å². The molecule has 2 aromatic carbocycles. The number of hydrogen-bond acceptors (Lipinski definition) is 5. The van der Waals surface area contributed by atoms with Crippen LogP contribution in [0.3, 0.4) is 0 Å². The Bertz CT molecular complexity index is 959. The van der Waals surface area contributed by atoms with E-state index < -0.39 is 11.9 Å². The van der Waals surface area contributed by atoms with Gasteiger partial charge in [-0.3, -0.25) is 0 Å². The number of hydrogen-bond donors (Lipinski definition) is 0. The molecule has 0 saturated carbocycles. The minimum absolute atomic E-state index is 0.0764. The lowest BCUT2D eigenvalue weighted by molar-refractivity contribution is -0.256. The zero-order valence-electron chi connectivity index (χ0n) is 12.4. The maximum Gasteiger partial charge on any atom is 0.0722 e. The van der Waals surface area contributed by atoms with Crippen LogP contribution >= 0.6 is 0 Å². The highest BCUT2D eigenvalue weighted by Gasteiger charge is 2.05. The molecule has 0 radical (unpaired) electrons. The predicted molar refractivity (Wildman–Crippen MR) is 85.8 cm³/mol. The third-order valence-electron chi connectivity index (χ3n) is 3.55. The molecule has 0 aliphatic heterocycles. The summed E-state index contributed by atoms with van der Waals surface area (Å²) >= 11 is 0. The van der Waals surface area contributed by atoms with E-state index in [0.717, 1.165) is 5.56 Å². The van der Waals surface area contributed by atoms with Gasteiger partial charge in [0.15, 0.2) is 0 Å². The summed E-state index contributed by atoms with van der Waals surface area (Å²) in [5, 5.41) is 22.6. The van der Waals surface area contributed by atoms with Gasteiger partial charge in [-0.05, 0) is 29.3 Å². The van der Waals surface area contributed by atoms with Gasteiger partial charge >= 0.3 is 0 Å². The van der Waals surface area contributed by atoms with Crippen molar-refractivity contribution in [2.45, 2.75) is 0 Å². The number of carboxylic acids is 2. The summed E-state index contributed by atoms with van der Waals surface area (Å²) in [6.07, 6.45) is 3.38. The van der Waals surface area contributed by atoms with Gasteiger partial charge in [-0.25, -0.2) is 4.98 Å². The monoisotopic (exact) mass is 317 g/mol. The van der Waals surface area contributed by atoms with Crippen molar-refractivity contribution in [1.82, 2.24) is 4.98 Å². The summed E-state index contributed by atoms with van der Waals surface area (Å²) in [5.41, 5.74) is 1.95. The van der Waals surface area contributed by atoms with Crippen LogP contribution in [0.4, 0.5) is 0 Å². The van der Waals surface area contributed by atoms with Crippen molar-refractivity contribution < 1.29 is 19.8 Å². The average molecular weight is 317 g/mol. The maximum absolute atomic E-state index is 11.3. The Balaban J connectivity index is 1.97. The second-order valence-corrected chi connectivity index (χ2v) is 5.14. The highest BCUT2D eigenvalue weighted by molar-refractivity contribution is 6.02. The molecule has 1 heterocycles. The molecule has 0 spiro atoms. The summed E-state index contributed by atoms with van der Waals surface area (Å²) in [6.45, 7) is 0. The predicted octanol–water partition coefficient (Wildman–Crippen LogP) is 1.13. The van der Waals surface area contributed by atoms with E-state index in [4.69, 9.17) is 0 Å². The highest BCUT2D eigenvalue weighted by atomic mass is 16.4. The van der Waals surface area contributed by atoms with E-state index in [0.29, 0.717) is 16.6 Å². The SMILES string of the molecule is O=C([O-])c1ccc(/C=C/c2cc(C(=O)[O-])c3ccccc3n2)cc1. The molecule has 0 saturated heterocycles. The Morgan fingerprint density at radius 1 is 0.875 bits per heavy atom. The standard InChI is InChI=1S/C19H13NO4/c21-18(22)13-8-5-12(6-9-13)7-10-14-11-16(19(23)24)15-3-1-2-4-17(15)20-14/h1-11H,(H,21,22)(H,23,24)/p-2/b10-7+. The zero-order chi connectivity index (χ0) is 17.1. The molecule has 0 amide bonds. The number of rotatable bonds is 4. The molecule has 5 heteroatoms. The van der Waals surface area contributed by atoms with E-state index in [1.165, 1.54) is 18.2 Å². The molecule has 24 heavy (non-hydrogen) atoms. The Morgan fingerprint density at radius 2 is 1.58 bits per heavy atom. The topological polar surface area (TPSA) is 93.1 Å². The number of carbonyl (C=O) groups is 2. The Kier molecular flexibility index (Phi) is 4.07. The van der Waals surface area contributed by atoms with Gasteiger partial charge in [0.05, 0.1) is 23.1 Å². The van der Waals surface area contributed by atoms with Crippen molar-refractivity contribution in [3.05, 3.63) is 77.0 Å². The van der Waals surface area contributed by atoms with Gasteiger partial charge in [0, 0.05) is 10.9 Å². The fourth-order valence-electron chi connectivity index (χ4n) is 2.36. The van der Waals surface area contributed by atoms with Crippen LogP contribution in [0.15, 0.2) is 54.6 Å². The van der Waals surface area contributed by atoms with Crippen LogP contribution in [0.25, 0.3) is 23.1 Å². The Morgan fingerprint density at radius 3 is 2.25 bits per heavy atom. The first-order chi connectivity index (χ1) is 11.5. The van der Waals surface area contributed by atoms with E-state index in [1.807, 2.05) is 0 Å². The molecule has 3 rings (SSSR count). The molecule has 0 aliphatic carbocycles. The van der Waals surface area contributed by atoms with E-state index in [1.54, 1.807) is 48.6 Å². The van der Waals surface area contributed by atoms with Crippen molar-refractivity contribution in [2.75, 3.05) is 0 Å². The number of fused-ring (bicyclic) bond motifs is 1. The van der Waals surface area contributed by atoms with Gasteiger partial charge in [0.25, 0.3) is 0 Å². The third kappa shape index (κ3) is 3.15. The zero-order valence-corrected chi connectivity index (χ0v) is 12.4. The molecule has 0 fully saturated rings. The lowest BCUT2D eigenvalue weighted by Crippen LogP contribution is -2.22. The van der Waals surface area contributed by atoms with Crippen molar-refractivity contribution in [3.63, 3.8) is 0 Å². The first-order valence-electron chi connectivity index (χ1n) is 7.15. The summed E-state index contributed by atoms with van der Waals surface area (Å²) in [6, 6.07) is 14.5. The second kappa shape index (κ2) is 6.34. The first-order valence-corrected chi connectivity index (χ1v) is 7.15. The van der Waals surface area contributed by atoms with E-state index in [2.05, 4.69) is 4.98 Å². The number of pyridine rings is 1. The van der Waals surface area contributed by atoms with Crippen molar-refractivity contribution in [3.8, 4) is 0 Å². The lowest BCUT2D eigenvalue weighted by Gasteiger charge is -2.08. The molecule has 0 N–H and O–H groups in total. The van der Waals surface area contributed by atoms with E-state index in [9.17, 15) is 19.8 Å². The van der Waals surface area contributed by atoms with Crippen LogP contribution in [-0.2, 0) is 0 Å². The number of nitrogens with zero attached hydrogens (tertiary/aromatic N) is 1. The molecule has 5 nitrogen and oxygen atoms in total. The summed E-state index contributed by atoms with van der Waals surface area (Å²) in [4.78, 5) is 26.4. The lowest BCUT2D eigenvalue weighted by atomic mass is 10.1. The largest absolute Gasteiger partial charge is 0.545 e. The Hall–Kier alpha value is -3.47. The Labute approximate surface area is 137 Å². The molecule has 0 atom stereocenters. The number of para-hydroxylation sites is 1. The summed E-state index contributed by atoms with van der Waals surface area (Å²) < 4.78 is 0. The number of benzene rings is 2. The van der Waals surface area contributed by atoms with Gasteiger partial charge in [0.1, 0.15) is 0 Å². The molecule has 118 valence electrons.